The van der Waals surface area contributed by atoms with E-state index in [1.165, 1.54) is 4.90 Å². The van der Waals surface area contributed by atoms with E-state index in [0.29, 0.717) is 40.0 Å². The van der Waals surface area contributed by atoms with Gasteiger partial charge >= 0.3 is 0 Å². The van der Waals surface area contributed by atoms with Crippen molar-refractivity contribution < 1.29 is 9.59 Å². The van der Waals surface area contributed by atoms with Crippen LogP contribution in [0.4, 0.5) is 5.69 Å². The SMILES string of the molecule is O=C1c2cccc(-n3c4ccccc4c4cccc(-c5nc(-c6ccccc6)nc(-c6ccccc6)n5)c43)c2C(=O)N1c1ccccc1-c1ccccc1. The minimum absolute atomic E-state index is 0.341. The molecule has 0 unspecified atom stereocenters. The van der Waals surface area contributed by atoms with E-state index < -0.39 is 0 Å². The molecule has 0 saturated heterocycles. The highest BCUT2D eigenvalue weighted by Gasteiger charge is 2.40. The number of benzene rings is 7. The van der Waals surface area contributed by atoms with Gasteiger partial charge < -0.3 is 4.57 Å². The number of hydrogen-bond acceptors (Lipinski definition) is 5. The molecule has 254 valence electrons. The second-order valence-corrected chi connectivity index (χ2v) is 13.1. The van der Waals surface area contributed by atoms with Crippen LogP contribution in [0.25, 0.3) is 72.8 Å². The van der Waals surface area contributed by atoms with Crippen LogP contribution in [0.15, 0.2) is 176 Å². The molecule has 1 aliphatic heterocycles. The number of carbonyl (C=O) groups excluding carboxylic acids is 2. The fourth-order valence-electron chi connectivity index (χ4n) is 7.58. The van der Waals surface area contributed by atoms with Gasteiger partial charge in [0, 0.05) is 33.0 Å². The molecule has 2 aromatic heterocycles. The molecule has 0 spiro atoms. The maximum absolute atomic E-state index is 14.8. The normalized spacial score (nSPS) is 12.5. The van der Waals surface area contributed by atoms with Crippen LogP contribution >= 0.6 is 0 Å². The van der Waals surface area contributed by atoms with E-state index in [1.807, 2.05) is 158 Å². The van der Waals surface area contributed by atoms with Crippen molar-refractivity contribution in [2.75, 3.05) is 4.90 Å². The Bertz CT molecular complexity index is 2860. The molecule has 1 aliphatic rings. The van der Waals surface area contributed by atoms with E-state index in [2.05, 4.69) is 16.7 Å². The lowest BCUT2D eigenvalue weighted by Crippen LogP contribution is -2.30. The van der Waals surface area contributed by atoms with Crippen molar-refractivity contribution in [3.63, 3.8) is 0 Å². The van der Waals surface area contributed by atoms with E-state index in [0.717, 1.165) is 49.6 Å². The molecule has 54 heavy (non-hydrogen) atoms. The number of imide groups is 1. The van der Waals surface area contributed by atoms with Crippen LogP contribution in [-0.2, 0) is 0 Å². The number of carbonyl (C=O) groups is 2. The van der Waals surface area contributed by atoms with Crippen LogP contribution in [0.3, 0.4) is 0 Å². The molecular weight excluding hydrogens is 667 g/mol. The van der Waals surface area contributed by atoms with Crippen molar-refractivity contribution >= 4 is 39.3 Å². The third-order valence-electron chi connectivity index (χ3n) is 10.00. The van der Waals surface area contributed by atoms with Crippen molar-refractivity contribution in [1.29, 1.82) is 0 Å². The summed E-state index contributed by atoms with van der Waals surface area (Å²) in [6.07, 6.45) is 0. The van der Waals surface area contributed by atoms with Gasteiger partial charge in [-0.05, 0) is 35.9 Å². The molecule has 10 rings (SSSR count). The van der Waals surface area contributed by atoms with Crippen LogP contribution in [-0.4, -0.2) is 31.3 Å². The Balaban J connectivity index is 1.22. The average Bonchev–Trinajstić information content (AvgIpc) is 3.72. The first-order valence-corrected chi connectivity index (χ1v) is 17.7. The maximum Gasteiger partial charge on any atom is 0.268 e. The van der Waals surface area contributed by atoms with Crippen molar-refractivity contribution in [2.45, 2.75) is 0 Å². The van der Waals surface area contributed by atoms with Gasteiger partial charge in [0.25, 0.3) is 11.8 Å². The maximum atomic E-state index is 14.8. The van der Waals surface area contributed by atoms with Gasteiger partial charge in [-0.15, -0.1) is 0 Å². The van der Waals surface area contributed by atoms with Crippen LogP contribution in [0.2, 0.25) is 0 Å². The minimum Gasteiger partial charge on any atom is -0.308 e. The van der Waals surface area contributed by atoms with E-state index in [4.69, 9.17) is 15.0 Å². The topological polar surface area (TPSA) is 81.0 Å². The Labute approximate surface area is 310 Å². The first kappa shape index (κ1) is 31.2. The molecular formula is C47H29N5O2. The number of anilines is 1. The molecule has 0 atom stereocenters. The van der Waals surface area contributed by atoms with Crippen LogP contribution in [0.5, 0.6) is 0 Å². The van der Waals surface area contributed by atoms with Crippen LogP contribution in [0, 0.1) is 0 Å². The summed E-state index contributed by atoms with van der Waals surface area (Å²) in [5.41, 5.74) is 7.75. The van der Waals surface area contributed by atoms with Gasteiger partial charge in [-0.1, -0.05) is 146 Å². The summed E-state index contributed by atoms with van der Waals surface area (Å²) >= 11 is 0. The van der Waals surface area contributed by atoms with Crippen LogP contribution < -0.4 is 4.90 Å². The zero-order valence-corrected chi connectivity index (χ0v) is 28.8. The molecule has 3 heterocycles. The molecule has 2 amide bonds. The van der Waals surface area contributed by atoms with Crippen molar-refractivity contribution in [3.05, 3.63) is 187 Å². The Morgan fingerprint density at radius 2 is 0.870 bits per heavy atom. The van der Waals surface area contributed by atoms with Gasteiger partial charge in [-0.25, -0.2) is 19.9 Å². The number of para-hydroxylation sites is 3. The molecule has 0 fully saturated rings. The van der Waals surface area contributed by atoms with Gasteiger partial charge in [0.2, 0.25) is 0 Å². The summed E-state index contributed by atoms with van der Waals surface area (Å²) in [6.45, 7) is 0. The van der Waals surface area contributed by atoms with Gasteiger partial charge in [0.05, 0.1) is 33.5 Å². The second-order valence-electron chi connectivity index (χ2n) is 13.1. The van der Waals surface area contributed by atoms with E-state index >= 15 is 0 Å². The van der Waals surface area contributed by atoms with Crippen molar-refractivity contribution in [2.24, 2.45) is 0 Å². The number of nitrogens with zero attached hydrogens (tertiary/aromatic N) is 5. The number of amides is 2. The minimum atomic E-state index is -0.379. The second kappa shape index (κ2) is 12.6. The molecule has 7 aromatic carbocycles. The molecule has 0 aliphatic carbocycles. The fraction of sp³-hybridized carbons (Fsp3) is 0. The molecule has 9 aromatic rings. The zero-order chi connectivity index (χ0) is 36.2. The lowest BCUT2D eigenvalue weighted by molar-refractivity contribution is 0.0926. The van der Waals surface area contributed by atoms with Crippen molar-refractivity contribution in [3.8, 4) is 51.0 Å². The molecule has 0 saturated carbocycles. The summed E-state index contributed by atoms with van der Waals surface area (Å²) in [5.74, 6) is 0.848. The van der Waals surface area contributed by atoms with Gasteiger partial charge in [-0.2, -0.15) is 0 Å². The van der Waals surface area contributed by atoms with Crippen molar-refractivity contribution in [1.82, 2.24) is 19.5 Å². The lowest BCUT2D eigenvalue weighted by Gasteiger charge is -2.19. The van der Waals surface area contributed by atoms with E-state index in [1.54, 1.807) is 6.07 Å². The molecule has 7 heteroatoms. The summed E-state index contributed by atoms with van der Waals surface area (Å²) in [7, 11) is 0. The number of rotatable bonds is 6. The summed E-state index contributed by atoms with van der Waals surface area (Å²) in [6, 6.07) is 56.8. The monoisotopic (exact) mass is 695 g/mol. The highest BCUT2D eigenvalue weighted by molar-refractivity contribution is 6.36. The molecule has 0 bridgehead atoms. The first-order valence-electron chi connectivity index (χ1n) is 17.7. The molecule has 7 nitrogen and oxygen atoms in total. The Kier molecular flexibility index (Phi) is 7.30. The lowest BCUT2D eigenvalue weighted by atomic mass is 10.0. The molecule has 0 N–H and O–H groups in total. The Hall–Kier alpha value is -7.51. The quantitative estimate of drug-likeness (QED) is 0.162. The Morgan fingerprint density at radius 3 is 1.57 bits per heavy atom. The predicted octanol–water partition coefficient (Wildman–Crippen LogP) is 10.4. The first-order chi connectivity index (χ1) is 26.7. The zero-order valence-electron chi connectivity index (χ0n) is 28.8. The standard InChI is InChI=1S/C47H29N5O2/c53-46-36-25-15-29-40(41(36)47(54)52(46)38-27-12-10-22-33(38)30-16-4-1-5-17-30)51-39-28-13-11-23-34(39)35-24-14-26-37(42(35)51)45-49-43(31-18-6-2-7-19-31)48-44(50-45)32-20-8-3-9-21-32/h1-29H. The number of aromatic nitrogens is 4. The van der Waals surface area contributed by atoms with Gasteiger partial charge in [0.15, 0.2) is 17.5 Å². The summed E-state index contributed by atoms with van der Waals surface area (Å²) < 4.78 is 2.09. The predicted molar refractivity (Wildman–Crippen MR) is 213 cm³/mol. The number of hydrogen-bond donors (Lipinski definition) is 0. The molecule has 0 radical (unpaired) electrons. The summed E-state index contributed by atoms with van der Waals surface area (Å²) in [4.78, 5) is 45.5. The summed E-state index contributed by atoms with van der Waals surface area (Å²) in [5, 5.41) is 1.96. The van der Waals surface area contributed by atoms with E-state index in [-0.39, 0.29) is 11.8 Å². The average molecular weight is 696 g/mol. The Morgan fingerprint density at radius 1 is 0.370 bits per heavy atom. The highest BCUT2D eigenvalue weighted by atomic mass is 16.2. The van der Waals surface area contributed by atoms with Crippen LogP contribution in [0.1, 0.15) is 20.7 Å². The third-order valence-corrected chi connectivity index (χ3v) is 10.00. The van der Waals surface area contributed by atoms with Gasteiger partial charge in [0.1, 0.15) is 0 Å². The third kappa shape index (κ3) is 4.94. The fourth-order valence-corrected chi connectivity index (χ4v) is 7.58. The number of fused-ring (bicyclic) bond motifs is 4. The highest BCUT2D eigenvalue weighted by Crippen LogP contribution is 2.42. The van der Waals surface area contributed by atoms with Gasteiger partial charge in [-0.3, -0.25) is 9.59 Å². The largest absolute Gasteiger partial charge is 0.308 e. The van der Waals surface area contributed by atoms with E-state index in [9.17, 15) is 9.59 Å². The smallest absolute Gasteiger partial charge is 0.268 e.